The molecule has 5 aromatic carbocycles. The van der Waals surface area contributed by atoms with Gasteiger partial charge in [0.05, 0.1) is 11.4 Å². The maximum absolute atomic E-state index is 4.90. The van der Waals surface area contributed by atoms with Gasteiger partial charge in [0.25, 0.3) is 0 Å². The molecule has 0 saturated heterocycles. The predicted octanol–water partition coefficient (Wildman–Crippen LogP) is 13.5. The van der Waals surface area contributed by atoms with E-state index in [9.17, 15) is 0 Å². The van der Waals surface area contributed by atoms with Crippen LogP contribution in [-0.2, 0) is 22.4 Å². The largest absolute Gasteiger partial charge is 0.471 e. The second-order valence-electron chi connectivity index (χ2n) is 15.9. The van der Waals surface area contributed by atoms with Gasteiger partial charge in [-0.15, -0.1) is 6.67 Å². The van der Waals surface area contributed by atoms with Crippen LogP contribution in [0, 0.1) is 6.67 Å². The van der Waals surface area contributed by atoms with Crippen LogP contribution < -0.4 is 14.8 Å². The molecule has 0 saturated carbocycles. The normalized spacial score (nSPS) is 12.6. The average Bonchev–Trinajstić information content (AvgIpc) is 3.84. The van der Waals surface area contributed by atoms with Crippen molar-refractivity contribution in [3.63, 3.8) is 0 Å². The Balaban J connectivity index is 0.000000181. The molecule has 9 rings (SSSR count). The van der Waals surface area contributed by atoms with Crippen LogP contribution in [0.2, 0.25) is 0 Å². The molecule has 0 unspecified atom stereocenters. The topological polar surface area (TPSA) is 59.3 Å². The molecule has 0 spiro atoms. The van der Waals surface area contributed by atoms with Crippen LogP contribution in [0.3, 0.4) is 0 Å². The quantitative estimate of drug-likeness (QED) is 0.0901. The fourth-order valence-corrected chi connectivity index (χ4v) is 8.09. The van der Waals surface area contributed by atoms with E-state index in [1.807, 2.05) is 42.6 Å². The molecule has 0 N–H and O–H groups in total. The summed E-state index contributed by atoms with van der Waals surface area (Å²) in [7, 11) is 0. The minimum atomic E-state index is 0. The summed E-state index contributed by atoms with van der Waals surface area (Å²) in [5, 5.41) is 4.69. The molecule has 57 heavy (non-hydrogen) atoms. The Morgan fingerprint density at radius 3 is 1.53 bits per heavy atom. The van der Waals surface area contributed by atoms with E-state index in [1.165, 1.54) is 44.4 Å². The molecule has 4 heterocycles. The van der Waals surface area contributed by atoms with E-state index in [-0.39, 0.29) is 22.4 Å². The van der Waals surface area contributed by atoms with Crippen molar-refractivity contribution in [2.45, 2.75) is 79.1 Å². The third kappa shape index (κ3) is 7.38. The Morgan fingerprint density at radius 1 is 0.491 bits per heavy atom. The maximum atomic E-state index is 4.90. The molecule has 1 radical (unpaired) electrons. The molecule has 293 valence electrons. The molecule has 0 aliphatic carbocycles. The number of anilines is 4. The van der Waals surface area contributed by atoms with Gasteiger partial charge in [0.1, 0.15) is 5.82 Å². The minimum absolute atomic E-state index is 0. The van der Waals surface area contributed by atoms with Crippen LogP contribution in [0.5, 0.6) is 0 Å². The molecule has 0 fully saturated rings. The zero-order valence-electron chi connectivity index (χ0n) is 34.0. The van der Waals surface area contributed by atoms with Gasteiger partial charge in [-0.25, -0.2) is 4.98 Å². The number of hydrogen-bond donors (Lipinski definition) is 0. The number of nitrogens with zero attached hydrogens (tertiary/aromatic N) is 6. The molecule has 3 aromatic heterocycles. The average molecular weight is 932 g/mol. The van der Waals surface area contributed by atoms with E-state index < -0.39 is 0 Å². The van der Waals surface area contributed by atoms with Crippen molar-refractivity contribution < 1.29 is 22.4 Å². The van der Waals surface area contributed by atoms with Crippen LogP contribution in [0.1, 0.15) is 101 Å². The van der Waals surface area contributed by atoms with Crippen LogP contribution in [0.4, 0.5) is 22.9 Å². The van der Waals surface area contributed by atoms with Crippen molar-refractivity contribution in [3.8, 4) is 11.5 Å². The molecule has 6 nitrogen and oxygen atoms in total. The monoisotopic (exact) mass is 931 g/mol. The van der Waals surface area contributed by atoms with Gasteiger partial charge in [0, 0.05) is 46.1 Å². The summed E-state index contributed by atoms with van der Waals surface area (Å²) in [6.07, 6.45) is 3.68. The number of pyridine rings is 2. The van der Waals surface area contributed by atoms with E-state index in [4.69, 9.17) is 15.0 Å². The summed E-state index contributed by atoms with van der Waals surface area (Å²) in [5.74, 6) is 3.37. The summed E-state index contributed by atoms with van der Waals surface area (Å²) < 4.78 is 0. The van der Waals surface area contributed by atoms with E-state index in [1.54, 1.807) is 6.20 Å². The number of benzene rings is 5. The number of hydrogen-bond acceptors (Lipinski definition) is 5. The van der Waals surface area contributed by atoms with Crippen molar-refractivity contribution in [1.82, 2.24) is 19.9 Å². The van der Waals surface area contributed by atoms with Gasteiger partial charge in [0.15, 0.2) is 0 Å². The summed E-state index contributed by atoms with van der Waals surface area (Å²) in [6.45, 7) is 20.5. The molecule has 8 aromatic rings. The third-order valence-electron chi connectivity index (χ3n) is 10.9. The predicted molar refractivity (Wildman–Crippen MR) is 235 cm³/mol. The molecule has 0 atom stereocenters. The Labute approximate surface area is 352 Å². The van der Waals surface area contributed by atoms with E-state index >= 15 is 0 Å². The molecule has 7 heteroatoms. The first kappa shape index (κ1) is 39.9. The van der Waals surface area contributed by atoms with Crippen LogP contribution in [0.25, 0.3) is 44.1 Å². The van der Waals surface area contributed by atoms with E-state index in [0.29, 0.717) is 29.5 Å². The molecule has 1 aliphatic heterocycles. The molecule has 0 amide bonds. The Hall–Kier alpha value is -5.27. The summed E-state index contributed by atoms with van der Waals surface area (Å²) in [6, 6.07) is 40.3. The van der Waals surface area contributed by atoms with Gasteiger partial charge in [-0.05, 0) is 109 Å². The SMILES string of the molecule is CC(C)c1cccc(C(C)C)c1N1[CH-]N(c2c(C(C)C)cccc2C(C)C)c2ncccc21.[Au].c1ccc(-c2nc3c4ccccc4c4ccccc4c3[n-]2)nc1. The molecular formula is C50H50AuN6-2. The van der Waals surface area contributed by atoms with Gasteiger partial charge in [0.2, 0.25) is 0 Å². The Kier molecular flexibility index (Phi) is 11.7. The zero-order chi connectivity index (χ0) is 39.1. The smallest absolute Gasteiger partial charge is 0.126 e. The standard InChI is InChI=1S/C30H38N3.C20H12N3.Au/c1-19(2)23-12-9-13-24(20(3)4)28(23)32-18-33(30-27(32)16-11-17-31-30)29-25(21(5)6)14-10-15-26(29)22(7)8;1-3-9-15-13(7-1)14-8-2-4-10-16(14)19-18(15)22-20(23-19)17-11-5-6-12-21-17;/h9-22H,1-8H3;1-12H;/q2*-1;. The third-order valence-corrected chi connectivity index (χ3v) is 10.9. The van der Waals surface area contributed by atoms with E-state index in [0.717, 1.165) is 39.0 Å². The number of fused-ring (bicyclic) bond motifs is 7. The maximum Gasteiger partial charge on any atom is 0.126 e. The van der Waals surface area contributed by atoms with Gasteiger partial charge in [-0.2, -0.15) is 0 Å². The van der Waals surface area contributed by atoms with Gasteiger partial charge in [-0.1, -0.05) is 146 Å². The Morgan fingerprint density at radius 2 is 0.982 bits per heavy atom. The van der Waals surface area contributed by atoms with Crippen molar-refractivity contribution >= 4 is 55.5 Å². The van der Waals surface area contributed by atoms with Crippen molar-refractivity contribution in [2.24, 2.45) is 0 Å². The van der Waals surface area contributed by atoms with Crippen molar-refractivity contribution in [1.29, 1.82) is 0 Å². The first-order valence-electron chi connectivity index (χ1n) is 19.9. The van der Waals surface area contributed by atoms with E-state index in [2.05, 4.69) is 156 Å². The summed E-state index contributed by atoms with van der Waals surface area (Å²) in [5.41, 5.74) is 11.9. The van der Waals surface area contributed by atoms with Gasteiger partial charge in [-0.3, -0.25) is 4.98 Å². The number of aromatic nitrogens is 4. The second-order valence-corrected chi connectivity index (χ2v) is 15.9. The summed E-state index contributed by atoms with van der Waals surface area (Å²) in [4.78, 5) is 23.6. The number of para-hydroxylation sites is 2. The number of imidazole rings is 1. The molecule has 1 aliphatic rings. The van der Waals surface area contributed by atoms with Crippen molar-refractivity contribution in [2.75, 3.05) is 9.80 Å². The zero-order valence-corrected chi connectivity index (χ0v) is 36.2. The van der Waals surface area contributed by atoms with Crippen molar-refractivity contribution in [3.05, 3.63) is 157 Å². The number of rotatable bonds is 7. The fraction of sp³-hybridized carbons (Fsp3) is 0.240. The first-order valence-corrected chi connectivity index (χ1v) is 19.9. The minimum Gasteiger partial charge on any atom is -0.471 e. The van der Waals surface area contributed by atoms with Gasteiger partial charge >= 0.3 is 0 Å². The second kappa shape index (κ2) is 16.7. The molecule has 0 bridgehead atoms. The fourth-order valence-electron chi connectivity index (χ4n) is 8.09. The Bertz CT molecular complexity index is 2450. The van der Waals surface area contributed by atoms with Crippen LogP contribution in [-0.4, -0.2) is 15.0 Å². The molecular weight excluding hydrogens is 882 g/mol. The van der Waals surface area contributed by atoms with Gasteiger partial charge < -0.3 is 19.8 Å². The first-order chi connectivity index (χ1) is 27.1. The van der Waals surface area contributed by atoms with Crippen LogP contribution >= 0.6 is 0 Å². The summed E-state index contributed by atoms with van der Waals surface area (Å²) >= 11 is 0. The van der Waals surface area contributed by atoms with Crippen LogP contribution in [0.15, 0.2) is 128 Å².